The van der Waals surface area contributed by atoms with Crippen LogP contribution in [-0.4, -0.2) is 53.0 Å². The fourth-order valence-electron chi connectivity index (χ4n) is 2.73. The monoisotopic (exact) mass is 341 g/mol. The molecule has 0 aliphatic carbocycles. The summed E-state index contributed by atoms with van der Waals surface area (Å²) in [5.74, 6) is 0.167. The van der Waals surface area contributed by atoms with Crippen LogP contribution in [0.25, 0.3) is 0 Å². The van der Waals surface area contributed by atoms with E-state index in [2.05, 4.69) is 39.2 Å². The van der Waals surface area contributed by atoms with Crippen LogP contribution in [0.4, 0.5) is 0 Å². The van der Waals surface area contributed by atoms with Gasteiger partial charge in [0.05, 0.1) is 0 Å². The van der Waals surface area contributed by atoms with Crippen molar-refractivity contribution in [2.24, 2.45) is 0 Å². The summed E-state index contributed by atoms with van der Waals surface area (Å²) < 4.78 is 3.05. The van der Waals surface area contributed by atoms with Gasteiger partial charge in [-0.2, -0.15) is 0 Å². The number of aromatic nitrogens is 1. The van der Waals surface area contributed by atoms with Crippen molar-refractivity contribution in [2.75, 3.05) is 32.7 Å². The van der Waals surface area contributed by atoms with E-state index in [1.54, 1.807) is 0 Å². The lowest BCUT2D eigenvalue weighted by Crippen LogP contribution is -2.49. The van der Waals surface area contributed by atoms with Gasteiger partial charge in [0, 0.05) is 43.4 Å². The molecule has 0 N–H and O–H groups in total. The molecule has 1 aliphatic heterocycles. The molecular weight excluding hydrogens is 318 g/mol. The number of halogens is 1. The van der Waals surface area contributed by atoms with Crippen LogP contribution >= 0.6 is 15.9 Å². The van der Waals surface area contributed by atoms with Crippen molar-refractivity contribution in [3.05, 3.63) is 22.4 Å². The Morgan fingerprint density at radius 2 is 1.80 bits per heavy atom. The molecule has 20 heavy (non-hydrogen) atoms. The van der Waals surface area contributed by atoms with Crippen molar-refractivity contribution in [2.45, 2.75) is 33.2 Å². The maximum Gasteiger partial charge on any atom is 0.270 e. The normalized spacial score (nSPS) is 16.6. The maximum atomic E-state index is 12.6. The van der Waals surface area contributed by atoms with Gasteiger partial charge in [0.1, 0.15) is 5.69 Å². The number of aryl methyl sites for hydroxylation is 1. The average Bonchev–Trinajstić information content (AvgIpc) is 2.81. The molecule has 0 aromatic carbocycles. The van der Waals surface area contributed by atoms with E-state index in [9.17, 15) is 4.79 Å². The third-order valence-electron chi connectivity index (χ3n) is 3.75. The van der Waals surface area contributed by atoms with Gasteiger partial charge in [-0.3, -0.25) is 9.69 Å². The molecule has 1 saturated heterocycles. The molecule has 2 rings (SSSR count). The zero-order valence-electron chi connectivity index (χ0n) is 12.4. The fraction of sp³-hybridized carbons (Fsp3) is 0.667. The molecule has 1 fully saturated rings. The molecule has 1 aromatic rings. The van der Waals surface area contributed by atoms with E-state index < -0.39 is 0 Å². The van der Waals surface area contributed by atoms with Gasteiger partial charge in [-0.15, -0.1) is 0 Å². The topological polar surface area (TPSA) is 28.5 Å². The molecule has 0 atom stereocenters. The van der Waals surface area contributed by atoms with Crippen LogP contribution in [0.2, 0.25) is 0 Å². The Hall–Kier alpha value is -0.810. The summed E-state index contributed by atoms with van der Waals surface area (Å²) in [7, 11) is 0. The smallest absolute Gasteiger partial charge is 0.270 e. The summed E-state index contributed by atoms with van der Waals surface area (Å²) >= 11 is 3.48. The number of hydrogen-bond donors (Lipinski definition) is 0. The lowest BCUT2D eigenvalue weighted by atomic mass is 10.2. The van der Waals surface area contributed by atoms with Crippen molar-refractivity contribution in [3.63, 3.8) is 0 Å². The molecule has 0 radical (unpaired) electrons. The molecule has 2 heterocycles. The van der Waals surface area contributed by atoms with Crippen LogP contribution in [0.15, 0.2) is 16.7 Å². The van der Waals surface area contributed by atoms with Gasteiger partial charge in [-0.25, -0.2) is 0 Å². The van der Waals surface area contributed by atoms with E-state index in [4.69, 9.17) is 0 Å². The molecule has 1 aromatic heterocycles. The lowest BCUT2D eigenvalue weighted by Gasteiger charge is -2.34. The first-order valence-corrected chi connectivity index (χ1v) is 8.32. The first-order valence-electron chi connectivity index (χ1n) is 7.53. The minimum absolute atomic E-state index is 0.167. The predicted molar refractivity (Wildman–Crippen MR) is 85.1 cm³/mol. The molecule has 1 amide bonds. The number of carbonyl (C=O) groups excluding carboxylic acids is 1. The lowest BCUT2D eigenvalue weighted by molar-refractivity contribution is 0.0627. The molecular formula is C15H24BrN3O. The Morgan fingerprint density at radius 1 is 1.15 bits per heavy atom. The maximum absolute atomic E-state index is 12.6. The number of rotatable bonds is 5. The molecule has 4 nitrogen and oxygen atoms in total. The summed E-state index contributed by atoms with van der Waals surface area (Å²) in [6, 6.07) is 1.94. The first-order chi connectivity index (χ1) is 9.65. The van der Waals surface area contributed by atoms with E-state index in [0.29, 0.717) is 0 Å². The van der Waals surface area contributed by atoms with Crippen LogP contribution in [0.3, 0.4) is 0 Å². The van der Waals surface area contributed by atoms with Crippen LogP contribution in [0, 0.1) is 0 Å². The largest absolute Gasteiger partial charge is 0.342 e. The van der Waals surface area contributed by atoms with E-state index in [-0.39, 0.29) is 5.91 Å². The molecule has 0 spiro atoms. The fourth-order valence-corrected chi connectivity index (χ4v) is 3.20. The average molecular weight is 342 g/mol. The molecule has 0 unspecified atom stereocenters. The van der Waals surface area contributed by atoms with Crippen LogP contribution in [0.5, 0.6) is 0 Å². The highest BCUT2D eigenvalue weighted by atomic mass is 79.9. The van der Waals surface area contributed by atoms with Gasteiger partial charge in [-0.05, 0) is 41.4 Å². The molecule has 5 heteroatoms. The minimum Gasteiger partial charge on any atom is -0.342 e. The molecule has 0 bridgehead atoms. The Kier molecular flexibility index (Phi) is 5.66. The van der Waals surface area contributed by atoms with Crippen molar-refractivity contribution in [1.82, 2.24) is 14.4 Å². The number of nitrogens with zero attached hydrogens (tertiary/aromatic N) is 3. The van der Waals surface area contributed by atoms with E-state index in [0.717, 1.165) is 55.9 Å². The quantitative estimate of drug-likeness (QED) is 0.823. The van der Waals surface area contributed by atoms with Gasteiger partial charge >= 0.3 is 0 Å². The predicted octanol–water partition coefficient (Wildman–Crippen LogP) is 2.83. The number of piperazine rings is 1. The Labute approximate surface area is 129 Å². The minimum atomic E-state index is 0.167. The second-order valence-corrected chi connectivity index (χ2v) is 6.29. The highest BCUT2D eigenvalue weighted by Gasteiger charge is 2.24. The molecule has 112 valence electrons. The summed E-state index contributed by atoms with van der Waals surface area (Å²) in [5.41, 5.74) is 0.808. The summed E-state index contributed by atoms with van der Waals surface area (Å²) in [5, 5.41) is 0. The number of hydrogen-bond acceptors (Lipinski definition) is 2. The van der Waals surface area contributed by atoms with Gasteiger partial charge in [0.25, 0.3) is 5.91 Å². The van der Waals surface area contributed by atoms with Gasteiger partial charge < -0.3 is 9.47 Å². The van der Waals surface area contributed by atoms with E-state index in [1.807, 2.05) is 17.2 Å². The third-order valence-corrected chi connectivity index (χ3v) is 4.18. The third kappa shape index (κ3) is 3.64. The molecule has 1 aliphatic rings. The van der Waals surface area contributed by atoms with E-state index >= 15 is 0 Å². The van der Waals surface area contributed by atoms with Gasteiger partial charge in [0.2, 0.25) is 0 Å². The van der Waals surface area contributed by atoms with Gasteiger partial charge in [0.15, 0.2) is 0 Å². The summed E-state index contributed by atoms with van der Waals surface area (Å²) in [6.45, 7) is 10.0. The van der Waals surface area contributed by atoms with Crippen LogP contribution in [0.1, 0.15) is 37.2 Å². The standard InChI is InChI=1S/C15H24BrN3O/c1-3-5-17-7-9-18(10-8-17)15(20)14-11-13(16)12-19(14)6-4-2/h11-12H,3-10H2,1-2H3. The highest BCUT2D eigenvalue weighted by Crippen LogP contribution is 2.18. The van der Waals surface area contributed by atoms with Crippen molar-refractivity contribution in [1.29, 1.82) is 0 Å². The van der Waals surface area contributed by atoms with Crippen molar-refractivity contribution >= 4 is 21.8 Å². The van der Waals surface area contributed by atoms with Crippen molar-refractivity contribution < 1.29 is 4.79 Å². The van der Waals surface area contributed by atoms with Crippen LogP contribution < -0.4 is 0 Å². The second kappa shape index (κ2) is 7.27. The van der Waals surface area contributed by atoms with E-state index in [1.165, 1.54) is 6.42 Å². The molecule has 0 saturated carbocycles. The highest BCUT2D eigenvalue weighted by molar-refractivity contribution is 9.10. The zero-order chi connectivity index (χ0) is 14.5. The van der Waals surface area contributed by atoms with Crippen molar-refractivity contribution in [3.8, 4) is 0 Å². The zero-order valence-corrected chi connectivity index (χ0v) is 14.0. The number of amides is 1. The first kappa shape index (κ1) is 15.6. The van der Waals surface area contributed by atoms with Crippen LogP contribution in [-0.2, 0) is 6.54 Å². The Bertz CT molecular complexity index is 450. The summed E-state index contributed by atoms with van der Waals surface area (Å²) in [4.78, 5) is 17.1. The Balaban J connectivity index is 2.01. The Morgan fingerprint density at radius 3 is 2.40 bits per heavy atom. The SMILES string of the molecule is CCCN1CCN(C(=O)c2cc(Br)cn2CCC)CC1. The second-order valence-electron chi connectivity index (χ2n) is 5.37. The number of carbonyl (C=O) groups is 1. The summed E-state index contributed by atoms with van der Waals surface area (Å²) in [6.07, 6.45) is 4.22. The van der Waals surface area contributed by atoms with Gasteiger partial charge in [-0.1, -0.05) is 13.8 Å².